The third kappa shape index (κ3) is 3.42. The molecule has 0 spiro atoms. The Labute approximate surface area is 79.0 Å². The summed E-state index contributed by atoms with van der Waals surface area (Å²) in [4.78, 5) is 0. The van der Waals surface area contributed by atoms with E-state index in [-0.39, 0.29) is 6.10 Å². The quantitative estimate of drug-likeness (QED) is 0.391. The first-order chi connectivity index (χ1) is 6.36. The van der Waals surface area contributed by atoms with Gasteiger partial charge in [0.05, 0.1) is 0 Å². The van der Waals surface area contributed by atoms with Crippen molar-refractivity contribution in [1.29, 1.82) is 5.41 Å². The van der Waals surface area contributed by atoms with Gasteiger partial charge >= 0.3 is 0 Å². The van der Waals surface area contributed by atoms with E-state index in [1.54, 1.807) is 12.2 Å². The zero-order chi connectivity index (χ0) is 9.52. The second-order valence-electron chi connectivity index (χ2n) is 3.01. The summed E-state index contributed by atoms with van der Waals surface area (Å²) in [6.07, 6.45) is 6.83. The van der Waals surface area contributed by atoms with Crippen molar-refractivity contribution in [3.8, 4) is 0 Å². The molecule has 1 aliphatic heterocycles. The number of allylic oxidation sites excluding steroid dienone is 2. The average molecular weight is 180 g/mol. The largest absolute Gasteiger partial charge is 0.490 e. The summed E-state index contributed by atoms with van der Waals surface area (Å²) < 4.78 is 5.63. The van der Waals surface area contributed by atoms with Gasteiger partial charge in [0.25, 0.3) is 0 Å². The Morgan fingerprint density at radius 2 is 2.15 bits per heavy atom. The Morgan fingerprint density at radius 3 is 2.69 bits per heavy atom. The van der Waals surface area contributed by atoms with Gasteiger partial charge in [0.15, 0.2) is 0 Å². The molecule has 0 aliphatic carbocycles. The minimum atomic E-state index is 0.283. The first-order valence-electron chi connectivity index (χ1n) is 4.57. The van der Waals surface area contributed by atoms with Crippen LogP contribution in [-0.4, -0.2) is 25.4 Å². The van der Waals surface area contributed by atoms with Crippen LogP contribution in [0.4, 0.5) is 0 Å². The summed E-state index contributed by atoms with van der Waals surface area (Å²) in [5, 5.41) is 10.2. The highest BCUT2D eigenvalue weighted by molar-refractivity contribution is 5.69. The van der Waals surface area contributed by atoms with Crippen LogP contribution in [-0.2, 0) is 4.74 Å². The fraction of sp³-hybridized carbons (Fsp3) is 0.500. The molecule has 1 heterocycles. The van der Waals surface area contributed by atoms with Crippen molar-refractivity contribution in [2.75, 3.05) is 13.1 Å². The third-order valence-corrected chi connectivity index (χ3v) is 2.04. The average Bonchev–Trinajstić information content (AvgIpc) is 2.19. The van der Waals surface area contributed by atoms with Crippen molar-refractivity contribution >= 4 is 6.21 Å². The van der Waals surface area contributed by atoms with Crippen molar-refractivity contribution in [2.45, 2.75) is 18.9 Å². The van der Waals surface area contributed by atoms with Gasteiger partial charge in [0.1, 0.15) is 11.9 Å². The summed E-state index contributed by atoms with van der Waals surface area (Å²) in [6.45, 7) is 5.66. The number of rotatable bonds is 4. The highest BCUT2D eigenvalue weighted by Gasteiger charge is 2.13. The van der Waals surface area contributed by atoms with Gasteiger partial charge in [-0.1, -0.05) is 6.58 Å². The van der Waals surface area contributed by atoms with E-state index in [2.05, 4.69) is 11.9 Å². The zero-order valence-electron chi connectivity index (χ0n) is 7.75. The van der Waals surface area contributed by atoms with E-state index in [9.17, 15) is 0 Å². The van der Waals surface area contributed by atoms with Crippen molar-refractivity contribution in [3.05, 3.63) is 24.5 Å². The molecule has 0 aromatic rings. The van der Waals surface area contributed by atoms with Crippen molar-refractivity contribution < 1.29 is 4.74 Å². The highest BCUT2D eigenvalue weighted by Crippen LogP contribution is 2.12. The second kappa shape index (κ2) is 5.54. The first-order valence-corrected chi connectivity index (χ1v) is 4.57. The van der Waals surface area contributed by atoms with Gasteiger partial charge in [0, 0.05) is 6.21 Å². The topological polar surface area (TPSA) is 45.1 Å². The summed E-state index contributed by atoms with van der Waals surface area (Å²) in [6, 6.07) is 0. The van der Waals surface area contributed by atoms with E-state index < -0.39 is 0 Å². The van der Waals surface area contributed by atoms with Gasteiger partial charge in [-0.25, -0.2) is 0 Å². The molecule has 13 heavy (non-hydrogen) atoms. The Bertz CT molecular complexity index is 205. The lowest BCUT2D eigenvalue weighted by Crippen LogP contribution is -2.32. The van der Waals surface area contributed by atoms with E-state index in [0.29, 0.717) is 5.76 Å². The van der Waals surface area contributed by atoms with Crippen LogP contribution in [0, 0.1) is 5.41 Å². The van der Waals surface area contributed by atoms with Crippen molar-refractivity contribution in [1.82, 2.24) is 5.32 Å². The summed E-state index contributed by atoms with van der Waals surface area (Å²) in [7, 11) is 0. The van der Waals surface area contributed by atoms with Gasteiger partial charge in [-0.2, -0.15) is 0 Å². The zero-order valence-corrected chi connectivity index (χ0v) is 7.75. The molecule has 0 saturated carbocycles. The van der Waals surface area contributed by atoms with Crippen LogP contribution < -0.4 is 5.32 Å². The maximum Gasteiger partial charge on any atom is 0.120 e. The first kappa shape index (κ1) is 9.99. The van der Waals surface area contributed by atoms with E-state index in [0.717, 1.165) is 25.9 Å². The minimum absolute atomic E-state index is 0.283. The molecule has 0 unspecified atom stereocenters. The fourth-order valence-electron chi connectivity index (χ4n) is 1.34. The molecule has 0 aromatic heterocycles. The lowest BCUT2D eigenvalue weighted by Gasteiger charge is -2.24. The molecule has 0 bridgehead atoms. The number of ether oxygens (including phenoxy) is 1. The summed E-state index contributed by atoms with van der Waals surface area (Å²) in [5.74, 6) is 0.696. The Morgan fingerprint density at radius 1 is 1.46 bits per heavy atom. The Hall–Kier alpha value is -1.09. The Balaban J connectivity index is 2.40. The monoisotopic (exact) mass is 180 g/mol. The smallest absolute Gasteiger partial charge is 0.120 e. The molecule has 1 rings (SSSR count). The predicted octanol–water partition coefficient (Wildman–Crippen LogP) is 1.47. The van der Waals surface area contributed by atoms with E-state index in [4.69, 9.17) is 10.1 Å². The molecule has 2 N–H and O–H groups in total. The van der Waals surface area contributed by atoms with Crippen molar-refractivity contribution in [2.24, 2.45) is 0 Å². The Kier molecular flexibility index (Phi) is 4.26. The molecule has 3 heteroatoms. The number of piperidine rings is 1. The van der Waals surface area contributed by atoms with E-state index in [1.807, 2.05) is 0 Å². The van der Waals surface area contributed by atoms with E-state index >= 15 is 0 Å². The van der Waals surface area contributed by atoms with Gasteiger partial charge in [-0.05, 0) is 38.1 Å². The molecule has 1 saturated heterocycles. The maximum atomic E-state index is 6.91. The molecule has 0 amide bonds. The van der Waals surface area contributed by atoms with Crippen LogP contribution >= 0.6 is 0 Å². The van der Waals surface area contributed by atoms with Gasteiger partial charge in [-0.3, -0.25) is 0 Å². The van der Waals surface area contributed by atoms with Gasteiger partial charge in [-0.15, -0.1) is 0 Å². The maximum absolute atomic E-state index is 6.91. The molecule has 0 aromatic carbocycles. The van der Waals surface area contributed by atoms with Crippen LogP contribution in [0.2, 0.25) is 0 Å². The molecule has 3 nitrogen and oxygen atoms in total. The molecular formula is C10H16N2O. The normalized spacial score (nSPS) is 19.5. The minimum Gasteiger partial charge on any atom is -0.490 e. The van der Waals surface area contributed by atoms with Crippen LogP contribution in [0.3, 0.4) is 0 Å². The molecule has 72 valence electrons. The molecule has 0 atom stereocenters. The van der Waals surface area contributed by atoms with Crippen LogP contribution in [0.1, 0.15) is 12.8 Å². The molecule has 1 aliphatic rings. The highest BCUT2D eigenvalue weighted by atomic mass is 16.5. The van der Waals surface area contributed by atoms with Crippen LogP contribution in [0.15, 0.2) is 24.5 Å². The second-order valence-corrected chi connectivity index (χ2v) is 3.01. The summed E-state index contributed by atoms with van der Waals surface area (Å²) >= 11 is 0. The number of hydrogen-bond acceptors (Lipinski definition) is 3. The molecule has 1 fully saturated rings. The number of nitrogens with one attached hydrogen (secondary N) is 2. The third-order valence-electron chi connectivity index (χ3n) is 2.04. The summed E-state index contributed by atoms with van der Waals surface area (Å²) in [5.41, 5.74) is 0. The van der Waals surface area contributed by atoms with Crippen LogP contribution in [0.5, 0.6) is 0 Å². The standard InChI is InChI=1S/C10H16N2O/c1-2-9(3-6-11)13-10-4-7-12-8-5-10/h2-3,6,10-12H,1,4-5,7-8H2/b9-3+,11-6?. The van der Waals surface area contributed by atoms with Crippen molar-refractivity contribution in [3.63, 3.8) is 0 Å². The van der Waals surface area contributed by atoms with E-state index in [1.165, 1.54) is 6.21 Å². The lowest BCUT2D eigenvalue weighted by molar-refractivity contribution is 0.0964. The van der Waals surface area contributed by atoms with Gasteiger partial charge < -0.3 is 15.5 Å². The van der Waals surface area contributed by atoms with Crippen LogP contribution in [0.25, 0.3) is 0 Å². The fourth-order valence-corrected chi connectivity index (χ4v) is 1.34. The van der Waals surface area contributed by atoms with Gasteiger partial charge in [0.2, 0.25) is 0 Å². The predicted molar refractivity (Wildman–Crippen MR) is 54.0 cm³/mol. The number of hydrogen-bond donors (Lipinski definition) is 2. The SMILES string of the molecule is C=C/C(=C\C=N)OC1CCNCC1. The lowest BCUT2D eigenvalue weighted by atomic mass is 10.1. The molecule has 0 radical (unpaired) electrons. The molecular weight excluding hydrogens is 164 g/mol.